The van der Waals surface area contributed by atoms with E-state index in [9.17, 15) is 9.59 Å². The van der Waals surface area contributed by atoms with Gasteiger partial charge in [0.25, 0.3) is 0 Å². The Hall–Kier alpha value is -2.83. The van der Waals surface area contributed by atoms with Crippen molar-refractivity contribution in [3.63, 3.8) is 0 Å². The second-order valence-electron chi connectivity index (χ2n) is 7.53. The number of methoxy groups -OCH3 is 1. The van der Waals surface area contributed by atoms with Gasteiger partial charge >= 0.3 is 0 Å². The molecule has 1 aliphatic heterocycles. The number of carbonyl (C=O) groups excluding carboxylic acids is 2. The van der Waals surface area contributed by atoms with E-state index in [1.807, 2.05) is 39.9 Å². The molecule has 148 valence electrons. The van der Waals surface area contributed by atoms with Crippen LogP contribution in [0.15, 0.2) is 36.5 Å². The van der Waals surface area contributed by atoms with Crippen molar-refractivity contribution < 1.29 is 14.3 Å². The van der Waals surface area contributed by atoms with Gasteiger partial charge in [0.05, 0.1) is 25.8 Å². The summed E-state index contributed by atoms with van der Waals surface area (Å²) < 4.78 is 7.25. The van der Waals surface area contributed by atoms with Crippen LogP contribution in [0.2, 0.25) is 0 Å². The van der Waals surface area contributed by atoms with E-state index in [4.69, 9.17) is 4.74 Å². The summed E-state index contributed by atoms with van der Waals surface area (Å²) in [5.74, 6) is 1.88. The summed E-state index contributed by atoms with van der Waals surface area (Å²) in [5.41, 5.74) is 0.911. The number of nitrogens with zero attached hydrogens (tertiary/aromatic N) is 3. The molecular weight excluding hydrogens is 356 g/mol. The van der Waals surface area contributed by atoms with Gasteiger partial charge in [0.15, 0.2) is 0 Å². The highest BCUT2D eigenvalue weighted by Crippen LogP contribution is 2.31. The lowest BCUT2D eigenvalue weighted by Crippen LogP contribution is -2.40. The van der Waals surface area contributed by atoms with Crippen LogP contribution in [0.25, 0.3) is 0 Å². The second-order valence-corrected chi connectivity index (χ2v) is 7.53. The Bertz CT molecular complexity index is 851. The minimum Gasteiger partial charge on any atom is -0.496 e. The fourth-order valence-corrected chi connectivity index (χ4v) is 3.76. The first-order valence-electron chi connectivity index (χ1n) is 9.89. The Labute approximate surface area is 164 Å². The number of likely N-dealkylation sites (tertiary alicyclic amines) is 1. The maximum absolute atomic E-state index is 12.7. The van der Waals surface area contributed by atoms with E-state index >= 15 is 0 Å². The largest absolute Gasteiger partial charge is 0.496 e. The van der Waals surface area contributed by atoms with Crippen LogP contribution in [0.1, 0.15) is 37.3 Å². The molecule has 1 saturated heterocycles. The molecule has 4 rings (SSSR count). The van der Waals surface area contributed by atoms with Gasteiger partial charge in [-0.3, -0.25) is 9.59 Å². The van der Waals surface area contributed by atoms with Gasteiger partial charge in [-0.2, -0.15) is 5.10 Å². The summed E-state index contributed by atoms with van der Waals surface area (Å²) in [5, 5.41) is 7.41. The van der Waals surface area contributed by atoms with Crippen molar-refractivity contribution in [1.29, 1.82) is 0 Å². The summed E-state index contributed by atoms with van der Waals surface area (Å²) in [6.07, 6.45) is 5.68. The average molecular weight is 382 g/mol. The molecule has 2 fully saturated rings. The standard InChI is InChI=1S/C21H26N4O3/c1-28-18-5-3-2-4-16(18)14-20(26)24-12-9-17(10-13-24)25-19(8-11-22-25)23-21(27)15-6-7-15/h2-5,8,11,15,17H,6-7,9-10,12-14H2,1H3,(H,23,27). The molecule has 7 heteroatoms. The topological polar surface area (TPSA) is 76.5 Å². The van der Waals surface area contributed by atoms with Crippen LogP contribution in [-0.2, 0) is 16.0 Å². The monoisotopic (exact) mass is 382 g/mol. The van der Waals surface area contributed by atoms with Gasteiger partial charge in [-0.05, 0) is 31.7 Å². The smallest absolute Gasteiger partial charge is 0.228 e. The predicted molar refractivity (Wildman–Crippen MR) is 105 cm³/mol. The molecule has 1 aromatic heterocycles. The molecule has 2 aromatic rings. The van der Waals surface area contributed by atoms with Gasteiger partial charge in [0, 0.05) is 30.6 Å². The summed E-state index contributed by atoms with van der Waals surface area (Å²) >= 11 is 0. The maximum atomic E-state index is 12.7. The van der Waals surface area contributed by atoms with Crippen LogP contribution in [0.4, 0.5) is 5.82 Å². The number of piperidine rings is 1. The maximum Gasteiger partial charge on any atom is 0.228 e. The minimum atomic E-state index is 0.0890. The number of aromatic nitrogens is 2. The molecule has 0 unspecified atom stereocenters. The van der Waals surface area contributed by atoms with Crippen molar-refractivity contribution in [2.24, 2.45) is 5.92 Å². The van der Waals surface area contributed by atoms with Crippen molar-refractivity contribution in [1.82, 2.24) is 14.7 Å². The number of carbonyl (C=O) groups is 2. The SMILES string of the molecule is COc1ccccc1CC(=O)N1CCC(n2nccc2NC(=O)C2CC2)CC1. The van der Waals surface area contributed by atoms with E-state index in [1.54, 1.807) is 13.3 Å². The predicted octanol–water partition coefficient (Wildman–Crippen LogP) is 2.65. The van der Waals surface area contributed by atoms with Crippen LogP contribution in [0, 0.1) is 5.92 Å². The van der Waals surface area contributed by atoms with Crippen molar-refractivity contribution in [2.75, 3.05) is 25.5 Å². The number of rotatable bonds is 6. The third kappa shape index (κ3) is 4.03. The molecule has 1 saturated carbocycles. The van der Waals surface area contributed by atoms with Crippen molar-refractivity contribution in [2.45, 2.75) is 38.1 Å². The van der Waals surface area contributed by atoms with E-state index in [2.05, 4.69) is 10.4 Å². The second kappa shape index (κ2) is 8.04. The van der Waals surface area contributed by atoms with Crippen LogP contribution in [0.5, 0.6) is 5.75 Å². The van der Waals surface area contributed by atoms with E-state index in [0.29, 0.717) is 19.5 Å². The van der Waals surface area contributed by atoms with E-state index in [-0.39, 0.29) is 23.8 Å². The Balaban J connectivity index is 1.34. The summed E-state index contributed by atoms with van der Waals surface area (Å²) in [6, 6.07) is 9.68. The first-order valence-corrected chi connectivity index (χ1v) is 9.89. The minimum absolute atomic E-state index is 0.0890. The quantitative estimate of drug-likeness (QED) is 0.833. The van der Waals surface area contributed by atoms with E-state index in [0.717, 1.165) is 42.8 Å². The lowest BCUT2D eigenvalue weighted by Gasteiger charge is -2.33. The fourth-order valence-electron chi connectivity index (χ4n) is 3.76. The number of hydrogen-bond acceptors (Lipinski definition) is 4. The number of para-hydroxylation sites is 1. The zero-order valence-electron chi connectivity index (χ0n) is 16.1. The number of anilines is 1. The molecule has 0 atom stereocenters. The summed E-state index contributed by atoms with van der Waals surface area (Å²) in [4.78, 5) is 26.7. The molecule has 1 N–H and O–H groups in total. The molecule has 0 bridgehead atoms. The highest BCUT2D eigenvalue weighted by atomic mass is 16.5. The number of nitrogens with one attached hydrogen (secondary N) is 1. The Morgan fingerprint density at radius 2 is 1.89 bits per heavy atom. The number of hydrogen-bond donors (Lipinski definition) is 1. The van der Waals surface area contributed by atoms with Gasteiger partial charge in [0.1, 0.15) is 11.6 Å². The normalized spacial score (nSPS) is 17.4. The van der Waals surface area contributed by atoms with Crippen molar-refractivity contribution in [3.05, 3.63) is 42.1 Å². The fraction of sp³-hybridized carbons (Fsp3) is 0.476. The Morgan fingerprint density at radius 3 is 2.61 bits per heavy atom. The third-order valence-electron chi connectivity index (χ3n) is 5.57. The molecule has 1 aromatic carbocycles. The summed E-state index contributed by atoms with van der Waals surface area (Å²) in [6.45, 7) is 1.38. The van der Waals surface area contributed by atoms with E-state index < -0.39 is 0 Å². The van der Waals surface area contributed by atoms with Gasteiger partial charge in [0.2, 0.25) is 11.8 Å². The van der Waals surface area contributed by atoms with Gasteiger partial charge in [-0.1, -0.05) is 18.2 Å². The van der Waals surface area contributed by atoms with Crippen LogP contribution < -0.4 is 10.1 Å². The summed E-state index contributed by atoms with van der Waals surface area (Å²) in [7, 11) is 1.62. The van der Waals surface area contributed by atoms with Crippen LogP contribution in [-0.4, -0.2) is 46.7 Å². The molecule has 0 radical (unpaired) electrons. The molecule has 7 nitrogen and oxygen atoms in total. The number of amides is 2. The van der Waals surface area contributed by atoms with Gasteiger partial charge < -0.3 is 15.0 Å². The first kappa shape index (κ1) is 18.5. The van der Waals surface area contributed by atoms with Crippen LogP contribution in [0.3, 0.4) is 0 Å². The van der Waals surface area contributed by atoms with Gasteiger partial charge in [-0.15, -0.1) is 0 Å². The number of benzene rings is 1. The highest BCUT2D eigenvalue weighted by Gasteiger charge is 2.31. The molecule has 1 aliphatic carbocycles. The van der Waals surface area contributed by atoms with Crippen molar-refractivity contribution >= 4 is 17.6 Å². The Morgan fingerprint density at radius 1 is 1.14 bits per heavy atom. The molecule has 28 heavy (non-hydrogen) atoms. The zero-order chi connectivity index (χ0) is 19.5. The molecule has 0 spiro atoms. The van der Waals surface area contributed by atoms with Crippen LogP contribution >= 0.6 is 0 Å². The Kier molecular flexibility index (Phi) is 5.32. The highest BCUT2D eigenvalue weighted by molar-refractivity contribution is 5.93. The molecule has 2 aliphatic rings. The lowest BCUT2D eigenvalue weighted by atomic mass is 10.0. The molecule has 2 amide bonds. The zero-order valence-corrected chi connectivity index (χ0v) is 16.1. The number of ether oxygens (including phenoxy) is 1. The molecule has 2 heterocycles. The molecular formula is C21H26N4O3. The lowest BCUT2D eigenvalue weighted by molar-refractivity contribution is -0.131. The third-order valence-corrected chi connectivity index (χ3v) is 5.57. The van der Waals surface area contributed by atoms with Crippen molar-refractivity contribution in [3.8, 4) is 5.75 Å². The van der Waals surface area contributed by atoms with E-state index in [1.165, 1.54) is 0 Å². The average Bonchev–Trinajstić information content (AvgIpc) is 3.48. The van der Waals surface area contributed by atoms with Gasteiger partial charge in [-0.25, -0.2) is 4.68 Å². The first-order chi connectivity index (χ1) is 13.7.